The lowest BCUT2D eigenvalue weighted by Gasteiger charge is -2.32. The molecule has 0 unspecified atom stereocenters. The van der Waals surface area contributed by atoms with Gasteiger partial charge in [0.25, 0.3) is 15.7 Å². The summed E-state index contributed by atoms with van der Waals surface area (Å²) >= 11 is 0. The first-order valence-electron chi connectivity index (χ1n) is 11.7. The number of anilines is 1. The summed E-state index contributed by atoms with van der Waals surface area (Å²) in [5.41, 5.74) is 0.614. The summed E-state index contributed by atoms with van der Waals surface area (Å²) in [6, 6.07) is 10.1. The molecule has 2 aromatic carbocycles. The molecule has 0 aromatic heterocycles. The van der Waals surface area contributed by atoms with E-state index in [4.69, 9.17) is 4.74 Å². The lowest BCUT2D eigenvalue weighted by atomic mass is 10.1. The second kappa shape index (κ2) is 12.3. The molecule has 2 rings (SSSR count). The van der Waals surface area contributed by atoms with Gasteiger partial charge in [-0.05, 0) is 37.0 Å². The fourth-order valence-electron chi connectivity index (χ4n) is 3.95. The zero-order valence-corrected chi connectivity index (χ0v) is 22.2. The fourth-order valence-corrected chi connectivity index (χ4v) is 5.46. The number of hydrogen-bond acceptors (Lipinski definition) is 7. The van der Waals surface area contributed by atoms with E-state index in [-0.39, 0.29) is 35.1 Å². The third kappa shape index (κ3) is 7.91. The maximum absolute atomic E-state index is 13.7. The van der Waals surface area contributed by atoms with Gasteiger partial charge in [0.15, 0.2) is 0 Å². The Kier molecular flexibility index (Phi) is 10.1. The Morgan fingerprint density at radius 2 is 1.54 bits per heavy atom. The predicted molar refractivity (Wildman–Crippen MR) is 137 cm³/mol. The third-order valence-corrected chi connectivity index (χ3v) is 7.14. The number of aliphatic hydroxyl groups excluding tert-OH is 1. The van der Waals surface area contributed by atoms with Crippen molar-refractivity contribution < 1.29 is 23.2 Å². The maximum atomic E-state index is 13.7. The molecule has 0 fully saturated rings. The van der Waals surface area contributed by atoms with Crippen molar-refractivity contribution in [2.24, 2.45) is 11.8 Å². The van der Waals surface area contributed by atoms with Crippen LogP contribution in [0.3, 0.4) is 0 Å². The summed E-state index contributed by atoms with van der Waals surface area (Å²) in [4.78, 5) is 13.0. The van der Waals surface area contributed by atoms with Gasteiger partial charge in [-0.3, -0.25) is 14.4 Å². The van der Waals surface area contributed by atoms with Gasteiger partial charge < -0.3 is 14.7 Å². The monoisotopic (exact) mass is 507 g/mol. The molecule has 35 heavy (non-hydrogen) atoms. The van der Waals surface area contributed by atoms with Gasteiger partial charge in [-0.15, -0.1) is 0 Å². The fraction of sp³-hybridized carbons (Fsp3) is 0.520. The quantitative estimate of drug-likeness (QED) is 0.321. The summed E-state index contributed by atoms with van der Waals surface area (Å²) in [6.07, 6.45) is -1.04. The molecule has 0 bridgehead atoms. The number of nitro groups is 1. The van der Waals surface area contributed by atoms with Gasteiger partial charge in [-0.25, -0.2) is 8.42 Å². The van der Waals surface area contributed by atoms with Crippen LogP contribution in [0.2, 0.25) is 0 Å². The van der Waals surface area contributed by atoms with E-state index in [1.54, 1.807) is 12.1 Å². The molecule has 0 aliphatic heterocycles. The van der Waals surface area contributed by atoms with Crippen molar-refractivity contribution in [3.8, 4) is 5.75 Å². The van der Waals surface area contributed by atoms with E-state index in [1.807, 2.05) is 6.92 Å². The highest BCUT2D eigenvalue weighted by molar-refractivity contribution is 7.92. The van der Waals surface area contributed by atoms with E-state index in [0.29, 0.717) is 11.8 Å². The van der Waals surface area contributed by atoms with Crippen LogP contribution in [0, 0.1) is 28.9 Å². The zero-order valence-electron chi connectivity index (χ0n) is 21.3. The molecule has 1 N–H and O–H groups in total. The van der Waals surface area contributed by atoms with Gasteiger partial charge in [-0.2, -0.15) is 0 Å². The number of aryl methyl sites for hydroxylation is 1. The standard InChI is InChI=1S/C25H37N3O6S/c1-18(2)14-26(15-19(3)4)16-22(29)17-27(35(32,33)23-10-7-20(5)8-11-23)24-13-21(28(30)31)9-12-25(24)34-6/h7-13,18-19,22,29H,14-17H2,1-6H3/t22-/m1/s1. The van der Waals surface area contributed by atoms with Gasteiger partial charge in [-0.1, -0.05) is 45.4 Å². The van der Waals surface area contributed by atoms with Gasteiger partial charge in [0.05, 0.1) is 29.6 Å². The van der Waals surface area contributed by atoms with Crippen molar-refractivity contribution in [2.45, 2.75) is 45.6 Å². The van der Waals surface area contributed by atoms with Crippen LogP contribution in [0.25, 0.3) is 0 Å². The van der Waals surface area contributed by atoms with Crippen LogP contribution in [0.4, 0.5) is 11.4 Å². The van der Waals surface area contributed by atoms with Crippen molar-refractivity contribution >= 4 is 21.4 Å². The van der Waals surface area contributed by atoms with Crippen molar-refractivity contribution in [3.63, 3.8) is 0 Å². The molecule has 0 saturated heterocycles. The molecular weight excluding hydrogens is 470 g/mol. The van der Waals surface area contributed by atoms with E-state index in [1.165, 1.54) is 31.4 Å². The highest BCUT2D eigenvalue weighted by Gasteiger charge is 2.31. The normalized spacial score (nSPS) is 12.9. The summed E-state index contributed by atoms with van der Waals surface area (Å²) < 4.78 is 33.9. The van der Waals surface area contributed by atoms with E-state index in [2.05, 4.69) is 32.6 Å². The Bertz CT molecular complexity index is 1080. The minimum Gasteiger partial charge on any atom is -0.495 e. The smallest absolute Gasteiger partial charge is 0.271 e. The van der Waals surface area contributed by atoms with Gasteiger partial charge in [0, 0.05) is 31.8 Å². The number of nitrogens with zero attached hydrogens (tertiary/aromatic N) is 3. The number of rotatable bonds is 13. The summed E-state index contributed by atoms with van der Waals surface area (Å²) in [7, 11) is -2.80. The lowest BCUT2D eigenvalue weighted by molar-refractivity contribution is -0.384. The van der Waals surface area contributed by atoms with Gasteiger partial charge in [0.1, 0.15) is 11.4 Å². The topological polar surface area (TPSA) is 113 Å². The van der Waals surface area contributed by atoms with Gasteiger partial charge >= 0.3 is 0 Å². The molecule has 2 aromatic rings. The molecule has 0 radical (unpaired) electrons. The van der Waals surface area contributed by atoms with E-state index < -0.39 is 21.1 Å². The van der Waals surface area contributed by atoms with Crippen molar-refractivity contribution in [2.75, 3.05) is 37.6 Å². The van der Waals surface area contributed by atoms with Crippen LogP contribution in [0.15, 0.2) is 47.4 Å². The first-order valence-corrected chi connectivity index (χ1v) is 13.1. The molecule has 1 atom stereocenters. The van der Waals surface area contributed by atoms with Crippen molar-refractivity contribution in [1.82, 2.24) is 4.90 Å². The Balaban J connectivity index is 2.53. The Morgan fingerprint density at radius 3 is 2.03 bits per heavy atom. The van der Waals surface area contributed by atoms with E-state index >= 15 is 0 Å². The number of methoxy groups -OCH3 is 1. The van der Waals surface area contributed by atoms with Crippen molar-refractivity contribution in [1.29, 1.82) is 0 Å². The van der Waals surface area contributed by atoms with Crippen LogP contribution in [-0.2, 0) is 10.0 Å². The van der Waals surface area contributed by atoms with Crippen LogP contribution in [0.5, 0.6) is 5.75 Å². The lowest BCUT2D eigenvalue weighted by Crippen LogP contribution is -2.44. The number of hydrogen-bond donors (Lipinski definition) is 1. The number of aliphatic hydroxyl groups is 1. The highest BCUT2D eigenvalue weighted by Crippen LogP contribution is 2.36. The third-order valence-electron chi connectivity index (χ3n) is 5.34. The van der Waals surface area contributed by atoms with Crippen molar-refractivity contribution in [3.05, 3.63) is 58.1 Å². The maximum Gasteiger partial charge on any atom is 0.271 e. The molecule has 0 aliphatic carbocycles. The second-order valence-electron chi connectivity index (χ2n) is 9.62. The molecule has 0 aliphatic rings. The minimum absolute atomic E-state index is 0.000550. The van der Waals surface area contributed by atoms with Crippen LogP contribution in [-0.4, -0.2) is 62.7 Å². The highest BCUT2D eigenvalue weighted by atomic mass is 32.2. The summed E-state index contributed by atoms with van der Waals surface area (Å²) in [5, 5.41) is 22.5. The molecule has 0 heterocycles. The number of benzene rings is 2. The van der Waals surface area contributed by atoms with Crippen LogP contribution < -0.4 is 9.04 Å². The Hall–Kier alpha value is -2.69. The summed E-state index contributed by atoms with van der Waals surface area (Å²) in [5.74, 6) is 0.884. The van der Waals surface area contributed by atoms with Crippen LogP contribution >= 0.6 is 0 Å². The first-order chi connectivity index (χ1) is 16.3. The number of ether oxygens (including phenoxy) is 1. The predicted octanol–water partition coefficient (Wildman–Crippen LogP) is 4.08. The van der Waals surface area contributed by atoms with E-state index in [0.717, 1.165) is 29.0 Å². The Labute approximate surface area is 208 Å². The molecular formula is C25H37N3O6S. The molecule has 0 saturated carbocycles. The molecule has 0 spiro atoms. The first kappa shape index (κ1) is 28.5. The Morgan fingerprint density at radius 1 is 0.971 bits per heavy atom. The van der Waals surface area contributed by atoms with Crippen LogP contribution in [0.1, 0.15) is 33.3 Å². The minimum atomic E-state index is -4.17. The molecule has 9 nitrogen and oxygen atoms in total. The number of non-ortho nitro benzene ring substituents is 1. The molecule has 0 amide bonds. The molecule has 194 valence electrons. The van der Waals surface area contributed by atoms with E-state index in [9.17, 15) is 23.6 Å². The number of sulfonamides is 1. The average molecular weight is 508 g/mol. The second-order valence-corrected chi connectivity index (χ2v) is 11.5. The average Bonchev–Trinajstić information content (AvgIpc) is 2.76. The number of nitro benzene ring substituents is 1. The SMILES string of the molecule is COc1ccc([N+](=O)[O-])cc1N(C[C@H](O)CN(CC(C)C)CC(C)C)S(=O)(=O)c1ccc(C)cc1. The largest absolute Gasteiger partial charge is 0.495 e. The summed E-state index contributed by atoms with van der Waals surface area (Å²) in [6.45, 7) is 11.7. The van der Waals surface area contributed by atoms with Gasteiger partial charge in [0.2, 0.25) is 0 Å². The molecule has 10 heteroatoms. The zero-order chi connectivity index (χ0) is 26.3.